The van der Waals surface area contributed by atoms with E-state index in [1.54, 1.807) is 0 Å². The van der Waals surface area contributed by atoms with Crippen molar-refractivity contribution in [1.29, 1.82) is 0 Å². The van der Waals surface area contributed by atoms with Gasteiger partial charge in [-0.25, -0.2) is 4.98 Å². The van der Waals surface area contributed by atoms with Crippen molar-refractivity contribution in [3.8, 4) is 0 Å². The van der Waals surface area contributed by atoms with E-state index in [1.807, 2.05) is 6.92 Å². The molecule has 3 rings (SSSR count). The van der Waals surface area contributed by atoms with E-state index >= 15 is 0 Å². The highest BCUT2D eigenvalue weighted by Gasteiger charge is 2.30. The molecule has 6 nitrogen and oxygen atoms in total. The van der Waals surface area contributed by atoms with Gasteiger partial charge in [-0.3, -0.25) is 14.8 Å². The highest BCUT2D eigenvalue weighted by molar-refractivity contribution is 5.78. The summed E-state index contributed by atoms with van der Waals surface area (Å²) in [5.41, 5.74) is 0. The molecular formula is C16H27N5O. The number of aromatic nitrogens is 3. The second-order valence-corrected chi connectivity index (χ2v) is 6.66. The van der Waals surface area contributed by atoms with Gasteiger partial charge in [-0.05, 0) is 39.2 Å². The molecule has 1 unspecified atom stereocenters. The van der Waals surface area contributed by atoms with Crippen LogP contribution in [0.2, 0.25) is 0 Å². The molecule has 1 aliphatic heterocycles. The summed E-state index contributed by atoms with van der Waals surface area (Å²) in [7, 11) is 0. The van der Waals surface area contributed by atoms with Crippen LogP contribution in [0, 0.1) is 6.92 Å². The van der Waals surface area contributed by atoms with Crippen LogP contribution in [0.1, 0.15) is 69.1 Å². The summed E-state index contributed by atoms with van der Waals surface area (Å²) in [6.07, 6.45) is 9.52. The third-order valence-corrected chi connectivity index (χ3v) is 4.84. The summed E-state index contributed by atoms with van der Waals surface area (Å²) in [6, 6.07) is 0.562. The SMILES string of the molecule is Cc1nc(C2CCCN2CC(=O)NC2CCCCCC2)n[nH]1. The number of amides is 1. The molecule has 22 heavy (non-hydrogen) atoms. The van der Waals surface area contributed by atoms with Crippen molar-refractivity contribution in [1.82, 2.24) is 25.4 Å². The molecule has 6 heteroatoms. The van der Waals surface area contributed by atoms with E-state index < -0.39 is 0 Å². The van der Waals surface area contributed by atoms with E-state index in [0.717, 1.165) is 43.9 Å². The Morgan fingerprint density at radius 2 is 2.00 bits per heavy atom. The molecule has 1 atom stereocenters. The fourth-order valence-electron chi connectivity index (χ4n) is 3.70. The van der Waals surface area contributed by atoms with Gasteiger partial charge in [0.1, 0.15) is 5.82 Å². The van der Waals surface area contributed by atoms with Crippen LogP contribution >= 0.6 is 0 Å². The summed E-state index contributed by atoms with van der Waals surface area (Å²) in [4.78, 5) is 19.0. The van der Waals surface area contributed by atoms with Gasteiger partial charge in [-0.2, -0.15) is 5.10 Å². The van der Waals surface area contributed by atoms with E-state index in [2.05, 4.69) is 25.4 Å². The largest absolute Gasteiger partial charge is 0.352 e. The van der Waals surface area contributed by atoms with Crippen LogP contribution in [0.5, 0.6) is 0 Å². The van der Waals surface area contributed by atoms with Crippen LogP contribution in [-0.4, -0.2) is 45.1 Å². The number of nitrogens with zero attached hydrogens (tertiary/aromatic N) is 3. The summed E-state index contributed by atoms with van der Waals surface area (Å²) in [5, 5.41) is 10.4. The Morgan fingerprint density at radius 3 is 2.68 bits per heavy atom. The molecule has 1 aromatic heterocycles. The van der Waals surface area contributed by atoms with Crippen molar-refractivity contribution >= 4 is 5.91 Å². The Balaban J connectivity index is 1.53. The summed E-state index contributed by atoms with van der Waals surface area (Å²) in [6.45, 7) is 3.33. The fourth-order valence-corrected chi connectivity index (χ4v) is 3.70. The molecule has 1 saturated heterocycles. The predicted molar refractivity (Wildman–Crippen MR) is 84.3 cm³/mol. The highest BCUT2D eigenvalue weighted by Crippen LogP contribution is 2.29. The molecule has 0 bridgehead atoms. The number of carbonyl (C=O) groups is 1. The zero-order valence-electron chi connectivity index (χ0n) is 13.5. The predicted octanol–water partition coefficient (Wildman–Crippen LogP) is 2.09. The van der Waals surface area contributed by atoms with Crippen molar-refractivity contribution in [2.45, 2.75) is 70.4 Å². The summed E-state index contributed by atoms with van der Waals surface area (Å²) < 4.78 is 0. The van der Waals surface area contributed by atoms with E-state index in [4.69, 9.17) is 0 Å². The van der Waals surface area contributed by atoms with E-state index in [-0.39, 0.29) is 11.9 Å². The number of hydrogen-bond acceptors (Lipinski definition) is 4. The van der Waals surface area contributed by atoms with Crippen LogP contribution < -0.4 is 5.32 Å². The molecule has 2 fully saturated rings. The number of likely N-dealkylation sites (tertiary alicyclic amines) is 1. The van der Waals surface area contributed by atoms with Gasteiger partial charge in [-0.1, -0.05) is 25.7 Å². The average molecular weight is 305 g/mol. The number of aromatic amines is 1. The van der Waals surface area contributed by atoms with Gasteiger partial charge in [-0.15, -0.1) is 0 Å². The minimum absolute atomic E-state index is 0.158. The first-order valence-corrected chi connectivity index (χ1v) is 8.64. The van der Waals surface area contributed by atoms with Crippen molar-refractivity contribution in [2.75, 3.05) is 13.1 Å². The molecular weight excluding hydrogens is 278 g/mol. The lowest BCUT2D eigenvalue weighted by molar-refractivity contribution is -0.123. The monoisotopic (exact) mass is 305 g/mol. The second-order valence-electron chi connectivity index (χ2n) is 6.66. The molecule has 1 aromatic rings. The van der Waals surface area contributed by atoms with E-state index in [0.29, 0.717) is 12.6 Å². The Kier molecular flexibility index (Phi) is 5.08. The topological polar surface area (TPSA) is 73.9 Å². The van der Waals surface area contributed by atoms with Crippen molar-refractivity contribution in [3.05, 3.63) is 11.6 Å². The summed E-state index contributed by atoms with van der Waals surface area (Å²) >= 11 is 0. The molecule has 2 heterocycles. The lowest BCUT2D eigenvalue weighted by atomic mass is 10.1. The van der Waals surface area contributed by atoms with Crippen LogP contribution in [0.3, 0.4) is 0 Å². The standard InChI is InChI=1S/C16H27N5O/c1-12-17-16(20-19-12)14-9-6-10-21(14)11-15(22)18-13-7-4-2-3-5-8-13/h13-14H,2-11H2,1H3,(H,18,22)(H,17,19,20). The average Bonchev–Trinajstić information content (AvgIpc) is 3.03. The maximum atomic E-state index is 12.4. The molecule has 122 valence electrons. The number of H-pyrrole nitrogens is 1. The number of aryl methyl sites for hydroxylation is 1. The minimum Gasteiger partial charge on any atom is -0.352 e. The normalized spacial score (nSPS) is 24.3. The summed E-state index contributed by atoms with van der Waals surface area (Å²) in [5.74, 6) is 1.83. The van der Waals surface area contributed by atoms with E-state index in [1.165, 1.54) is 25.7 Å². The van der Waals surface area contributed by atoms with Gasteiger partial charge in [0.25, 0.3) is 0 Å². The van der Waals surface area contributed by atoms with Gasteiger partial charge in [0, 0.05) is 6.04 Å². The van der Waals surface area contributed by atoms with Crippen LogP contribution in [0.25, 0.3) is 0 Å². The minimum atomic E-state index is 0.158. The second kappa shape index (κ2) is 7.22. The zero-order chi connectivity index (χ0) is 15.4. The van der Waals surface area contributed by atoms with Crippen LogP contribution in [-0.2, 0) is 4.79 Å². The molecule has 2 N–H and O–H groups in total. The molecule has 0 radical (unpaired) electrons. The first-order chi connectivity index (χ1) is 10.7. The quantitative estimate of drug-likeness (QED) is 0.835. The third-order valence-electron chi connectivity index (χ3n) is 4.84. The number of rotatable bonds is 4. The molecule has 0 aromatic carbocycles. The van der Waals surface area contributed by atoms with Crippen molar-refractivity contribution in [2.24, 2.45) is 0 Å². The van der Waals surface area contributed by atoms with Crippen molar-refractivity contribution < 1.29 is 4.79 Å². The van der Waals surface area contributed by atoms with Gasteiger partial charge in [0.2, 0.25) is 5.91 Å². The zero-order valence-corrected chi connectivity index (χ0v) is 13.5. The Labute approximate surface area is 132 Å². The molecule has 1 saturated carbocycles. The van der Waals surface area contributed by atoms with Crippen LogP contribution in [0.15, 0.2) is 0 Å². The maximum Gasteiger partial charge on any atom is 0.234 e. The Bertz CT molecular complexity index is 492. The Morgan fingerprint density at radius 1 is 1.23 bits per heavy atom. The highest BCUT2D eigenvalue weighted by atomic mass is 16.2. The number of nitrogens with one attached hydrogen (secondary N) is 2. The van der Waals surface area contributed by atoms with Gasteiger partial charge >= 0.3 is 0 Å². The smallest absolute Gasteiger partial charge is 0.234 e. The van der Waals surface area contributed by atoms with Crippen molar-refractivity contribution in [3.63, 3.8) is 0 Å². The number of carbonyl (C=O) groups excluding carboxylic acids is 1. The van der Waals surface area contributed by atoms with E-state index in [9.17, 15) is 4.79 Å². The first kappa shape index (κ1) is 15.5. The molecule has 1 aliphatic carbocycles. The molecule has 0 spiro atoms. The fraction of sp³-hybridized carbons (Fsp3) is 0.812. The Hall–Kier alpha value is -1.43. The van der Waals surface area contributed by atoms with Gasteiger partial charge in [0.15, 0.2) is 5.82 Å². The first-order valence-electron chi connectivity index (χ1n) is 8.64. The van der Waals surface area contributed by atoms with Gasteiger partial charge < -0.3 is 5.32 Å². The van der Waals surface area contributed by atoms with Gasteiger partial charge in [0.05, 0.1) is 12.6 Å². The molecule has 2 aliphatic rings. The molecule has 1 amide bonds. The lowest BCUT2D eigenvalue weighted by Crippen LogP contribution is -2.42. The lowest BCUT2D eigenvalue weighted by Gasteiger charge is -2.23. The van der Waals surface area contributed by atoms with Crippen LogP contribution in [0.4, 0.5) is 0 Å². The maximum absolute atomic E-state index is 12.4. The third kappa shape index (κ3) is 3.85. The number of hydrogen-bond donors (Lipinski definition) is 2.